The molecule has 0 aliphatic heterocycles. The first kappa shape index (κ1) is 13.2. The molecule has 2 aromatic rings. The van der Waals surface area contributed by atoms with Gasteiger partial charge in [0.25, 0.3) is 0 Å². The molecular formula is C13H15FN4O. The highest BCUT2D eigenvalue weighted by Crippen LogP contribution is 2.23. The number of amides is 1. The summed E-state index contributed by atoms with van der Waals surface area (Å²) in [5.74, 6) is 0.0962. The van der Waals surface area contributed by atoms with Gasteiger partial charge in [-0.15, -0.1) is 0 Å². The van der Waals surface area contributed by atoms with Crippen molar-refractivity contribution in [1.82, 2.24) is 14.9 Å². The number of fused-ring (bicyclic) bond motifs is 1. The third kappa shape index (κ3) is 2.62. The van der Waals surface area contributed by atoms with Crippen LogP contribution >= 0.6 is 0 Å². The minimum atomic E-state index is -0.395. The first-order valence-electron chi connectivity index (χ1n) is 5.81. The van der Waals surface area contributed by atoms with E-state index in [1.807, 2.05) is 0 Å². The average molecular weight is 262 g/mol. The topological polar surface area (TPSA) is 49.3 Å². The predicted octanol–water partition coefficient (Wildman–Crippen LogP) is 1.29. The van der Waals surface area contributed by atoms with E-state index in [-0.39, 0.29) is 18.0 Å². The van der Waals surface area contributed by atoms with Gasteiger partial charge in [0.1, 0.15) is 23.5 Å². The lowest BCUT2D eigenvalue weighted by molar-refractivity contribution is -0.127. The third-order valence-corrected chi connectivity index (χ3v) is 2.83. The normalized spacial score (nSPS) is 10.5. The van der Waals surface area contributed by atoms with Crippen LogP contribution in [0.15, 0.2) is 24.5 Å². The van der Waals surface area contributed by atoms with Gasteiger partial charge in [0.2, 0.25) is 5.91 Å². The summed E-state index contributed by atoms with van der Waals surface area (Å²) in [6.45, 7) is 0.176. The summed E-state index contributed by atoms with van der Waals surface area (Å²) in [6, 6.07) is 4.70. The van der Waals surface area contributed by atoms with Crippen molar-refractivity contribution in [2.75, 3.05) is 32.6 Å². The SMILES string of the molecule is CN(C)C(=O)CN(C)c1ncnc2c(F)cccc12. The van der Waals surface area contributed by atoms with Crippen LogP contribution in [0.1, 0.15) is 0 Å². The number of hydrogen-bond donors (Lipinski definition) is 0. The number of anilines is 1. The van der Waals surface area contributed by atoms with Crippen molar-refractivity contribution < 1.29 is 9.18 Å². The van der Waals surface area contributed by atoms with Crippen molar-refractivity contribution in [3.63, 3.8) is 0 Å². The smallest absolute Gasteiger partial charge is 0.241 e. The fourth-order valence-corrected chi connectivity index (χ4v) is 1.76. The van der Waals surface area contributed by atoms with E-state index in [0.717, 1.165) is 0 Å². The van der Waals surface area contributed by atoms with E-state index in [4.69, 9.17) is 0 Å². The molecule has 0 unspecified atom stereocenters. The van der Waals surface area contributed by atoms with E-state index in [1.165, 1.54) is 17.3 Å². The number of benzene rings is 1. The van der Waals surface area contributed by atoms with Gasteiger partial charge in [-0.05, 0) is 12.1 Å². The van der Waals surface area contributed by atoms with E-state index in [1.54, 1.807) is 38.2 Å². The van der Waals surface area contributed by atoms with Gasteiger partial charge in [-0.3, -0.25) is 4.79 Å². The molecule has 0 fully saturated rings. The minimum Gasteiger partial charge on any atom is -0.350 e. The van der Waals surface area contributed by atoms with Gasteiger partial charge < -0.3 is 9.80 Å². The molecule has 5 nitrogen and oxygen atoms in total. The van der Waals surface area contributed by atoms with Crippen molar-refractivity contribution in [3.8, 4) is 0 Å². The Bertz CT molecular complexity index is 615. The number of aromatic nitrogens is 2. The van der Waals surface area contributed by atoms with Gasteiger partial charge in [-0.25, -0.2) is 14.4 Å². The molecule has 1 amide bonds. The zero-order valence-corrected chi connectivity index (χ0v) is 11.1. The molecule has 0 N–H and O–H groups in total. The molecule has 0 bridgehead atoms. The number of halogens is 1. The summed E-state index contributed by atoms with van der Waals surface area (Å²) >= 11 is 0. The van der Waals surface area contributed by atoms with E-state index < -0.39 is 5.82 Å². The van der Waals surface area contributed by atoms with Crippen molar-refractivity contribution in [1.29, 1.82) is 0 Å². The highest BCUT2D eigenvalue weighted by molar-refractivity contribution is 5.91. The zero-order valence-electron chi connectivity index (χ0n) is 11.1. The van der Waals surface area contributed by atoms with E-state index in [2.05, 4.69) is 9.97 Å². The lowest BCUT2D eigenvalue weighted by atomic mass is 10.2. The number of carbonyl (C=O) groups is 1. The Morgan fingerprint density at radius 1 is 1.26 bits per heavy atom. The number of carbonyl (C=O) groups excluding carboxylic acids is 1. The number of para-hydroxylation sites is 1. The summed E-state index contributed by atoms with van der Waals surface area (Å²) in [7, 11) is 5.12. The molecule has 1 heterocycles. The summed E-state index contributed by atoms with van der Waals surface area (Å²) in [4.78, 5) is 23.0. The number of rotatable bonds is 3. The summed E-state index contributed by atoms with van der Waals surface area (Å²) < 4.78 is 13.6. The standard InChI is InChI=1S/C13H15FN4O/c1-17(2)11(19)7-18(3)13-9-5-4-6-10(14)12(9)15-8-16-13/h4-6,8H,7H2,1-3H3. The first-order valence-corrected chi connectivity index (χ1v) is 5.81. The summed E-state index contributed by atoms with van der Waals surface area (Å²) in [5, 5.41) is 0.594. The quantitative estimate of drug-likeness (QED) is 0.836. The van der Waals surface area contributed by atoms with Crippen LogP contribution in [-0.4, -0.2) is 48.5 Å². The van der Waals surface area contributed by atoms with Gasteiger partial charge in [-0.1, -0.05) is 6.07 Å². The van der Waals surface area contributed by atoms with Crippen LogP contribution < -0.4 is 4.90 Å². The van der Waals surface area contributed by atoms with Crippen LogP contribution in [0.4, 0.5) is 10.2 Å². The van der Waals surface area contributed by atoms with Crippen LogP contribution in [0, 0.1) is 5.82 Å². The van der Waals surface area contributed by atoms with E-state index >= 15 is 0 Å². The fraction of sp³-hybridized carbons (Fsp3) is 0.308. The molecular weight excluding hydrogens is 247 g/mol. The lowest BCUT2D eigenvalue weighted by Gasteiger charge is -2.21. The molecule has 0 aliphatic carbocycles. The van der Waals surface area contributed by atoms with Crippen molar-refractivity contribution in [2.45, 2.75) is 0 Å². The second kappa shape index (κ2) is 5.17. The molecule has 0 radical (unpaired) electrons. The zero-order chi connectivity index (χ0) is 14.0. The molecule has 0 saturated carbocycles. The maximum Gasteiger partial charge on any atom is 0.241 e. The molecule has 0 saturated heterocycles. The maximum absolute atomic E-state index is 13.6. The van der Waals surface area contributed by atoms with E-state index in [0.29, 0.717) is 11.2 Å². The van der Waals surface area contributed by atoms with Crippen LogP contribution in [0.5, 0.6) is 0 Å². The Labute approximate surface area is 110 Å². The summed E-state index contributed by atoms with van der Waals surface area (Å²) in [6.07, 6.45) is 1.30. The second-order valence-electron chi connectivity index (χ2n) is 4.48. The van der Waals surface area contributed by atoms with Crippen molar-refractivity contribution >= 4 is 22.6 Å². The minimum absolute atomic E-state index is 0.0503. The second-order valence-corrected chi connectivity index (χ2v) is 4.48. The summed E-state index contributed by atoms with van der Waals surface area (Å²) in [5.41, 5.74) is 0.261. The third-order valence-electron chi connectivity index (χ3n) is 2.83. The van der Waals surface area contributed by atoms with Crippen molar-refractivity contribution in [3.05, 3.63) is 30.3 Å². The molecule has 19 heavy (non-hydrogen) atoms. The Hall–Kier alpha value is -2.24. The van der Waals surface area contributed by atoms with Gasteiger partial charge in [0.05, 0.1) is 6.54 Å². The Morgan fingerprint density at radius 3 is 2.68 bits per heavy atom. The molecule has 0 atom stereocenters. The Balaban J connectivity index is 2.40. The number of nitrogens with zero attached hydrogens (tertiary/aromatic N) is 4. The van der Waals surface area contributed by atoms with E-state index in [9.17, 15) is 9.18 Å². The Morgan fingerprint density at radius 2 is 2.00 bits per heavy atom. The molecule has 2 rings (SSSR count). The lowest BCUT2D eigenvalue weighted by Crippen LogP contribution is -2.34. The van der Waals surface area contributed by atoms with Crippen LogP contribution in [0.25, 0.3) is 10.9 Å². The average Bonchev–Trinajstić information content (AvgIpc) is 2.38. The fourth-order valence-electron chi connectivity index (χ4n) is 1.76. The molecule has 6 heteroatoms. The maximum atomic E-state index is 13.6. The highest BCUT2D eigenvalue weighted by Gasteiger charge is 2.14. The van der Waals surface area contributed by atoms with Gasteiger partial charge in [-0.2, -0.15) is 0 Å². The first-order chi connectivity index (χ1) is 9.00. The van der Waals surface area contributed by atoms with Crippen LogP contribution in [0.2, 0.25) is 0 Å². The molecule has 1 aromatic heterocycles. The highest BCUT2D eigenvalue weighted by atomic mass is 19.1. The molecule has 0 spiro atoms. The largest absolute Gasteiger partial charge is 0.350 e. The number of hydrogen-bond acceptors (Lipinski definition) is 4. The molecule has 1 aromatic carbocycles. The van der Waals surface area contributed by atoms with Gasteiger partial charge in [0, 0.05) is 26.5 Å². The van der Waals surface area contributed by atoms with Crippen LogP contribution in [0.3, 0.4) is 0 Å². The van der Waals surface area contributed by atoms with Gasteiger partial charge >= 0.3 is 0 Å². The molecule has 0 aliphatic rings. The van der Waals surface area contributed by atoms with Crippen LogP contribution in [-0.2, 0) is 4.79 Å². The van der Waals surface area contributed by atoms with Gasteiger partial charge in [0.15, 0.2) is 0 Å². The monoisotopic (exact) mass is 262 g/mol. The predicted molar refractivity (Wildman–Crippen MR) is 71.5 cm³/mol. The Kier molecular flexibility index (Phi) is 3.59. The number of likely N-dealkylation sites (N-methyl/N-ethyl adjacent to an activating group) is 2. The van der Waals surface area contributed by atoms with Crippen molar-refractivity contribution in [2.24, 2.45) is 0 Å². The molecule has 100 valence electrons.